The van der Waals surface area contributed by atoms with E-state index in [0.29, 0.717) is 6.04 Å². The number of benzene rings is 1. The summed E-state index contributed by atoms with van der Waals surface area (Å²) in [6.45, 7) is 1.89. The Kier molecular flexibility index (Phi) is 1.89. The molecule has 15 heavy (non-hydrogen) atoms. The van der Waals surface area contributed by atoms with E-state index in [1.807, 2.05) is 28.8 Å². The minimum absolute atomic E-state index is 0.00454. The number of hydrogen-bond acceptors (Lipinski definition) is 2. The van der Waals surface area contributed by atoms with Crippen molar-refractivity contribution in [3.63, 3.8) is 0 Å². The molecule has 1 fully saturated rings. The fraction of sp³-hybridized carbons (Fsp3) is 0.364. The van der Waals surface area contributed by atoms with Crippen molar-refractivity contribution in [3.05, 3.63) is 34.7 Å². The zero-order valence-corrected chi connectivity index (χ0v) is 8.36. The van der Waals surface area contributed by atoms with Crippen LogP contribution in [0.25, 0.3) is 11.0 Å². The van der Waals surface area contributed by atoms with Crippen molar-refractivity contribution >= 4 is 11.0 Å². The van der Waals surface area contributed by atoms with Gasteiger partial charge in [-0.2, -0.15) is 0 Å². The number of imidazole rings is 1. The van der Waals surface area contributed by atoms with Gasteiger partial charge in [0.2, 0.25) is 0 Å². The van der Waals surface area contributed by atoms with Crippen molar-refractivity contribution in [3.8, 4) is 0 Å². The number of aromatic nitrogens is 2. The summed E-state index contributed by atoms with van der Waals surface area (Å²) >= 11 is 0. The largest absolute Gasteiger partial charge is 0.326 e. The molecule has 3 rings (SSSR count). The third-order valence-electron chi connectivity index (χ3n) is 3.02. The van der Waals surface area contributed by atoms with Crippen molar-refractivity contribution < 1.29 is 0 Å². The highest BCUT2D eigenvalue weighted by atomic mass is 16.1. The van der Waals surface area contributed by atoms with Crippen molar-refractivity contribution in [1.82, 2.24) is 14.9 Å². The van der Waals surface area contributed by atoms with Gasteiger partial charge in [0.1, 0.15) is 0 Å². The Morgan fingerprint density at radius 2 is 2.20 bits per heavy atom. The highest BCUT2D eigenvalue weighted by Crippen LogP contribution is 2.18. The van der Waals surface area contributed by atoms with Gasteiger partial charge in [0.15, 0.2) is 0 Å². The summed E-state index contributed by atoms with van der Waals surface area (Å²) in [5, 5.41) is 3.28. The lowest BCUT2D eigenvalue weighted by molar-refractivity contribution is 0.546. The molecule has 1 aliphatic heterocycles. The molecule has 2 aromatic rings. The van der Waals surface area contributed by atoms with Gasteiger partial charge in [0.05, 0.1) is 17.1 Å². The van der Waals surface area contributed by atoms with E-state index in [1.54, 1.807) is 0 Å². The number of fused-ring (bicyclic) bond motifs is 1. The Balaban J connectivity index is 2.23. The van der Waals surface area contributed by atoms with Gasteiger partial charge in [-0.1, -0.05) is 12.1 Å². The Morgan fingerprint density at radius 3 is 3.00 bits per heavy atom. The van der Waals surface area contributed by atoms with Crippen LogP contribution in [0, 0.1) is 0 Å². The van der Waals surface area contributed by atoms with E-state index in [1.165, 1.54) is 0 Å². The van der Waals surface area contributed by atoms with Crippen LogP contribution in [0.4, 0.5) is 0 Å². The van der Waals surface area contributed by atoms with Gasteiger partial charge in [-0.15, -0.1) is 0 Å². The van der Waals surface area contributed by atoms with Crippen LogP contribution in [0.15, 0.2) is 29.1 Å². The maximum atomic E-state index is 11.8. The molecule has 2 N–H and O–H groups in total. The van der Waals surface area contributed by atoms with Gasteiger partial charge < -0.3 is 10.3 Å². The quantitative estimate of drug-likeness (QED) is 0.722. The van der Waals surface area contributed by atoms with Gasteiger partial charge >= 0.3 is 5.69 Å². The minimum atomic E-state index is 0.00454. The van der Waals surface area contributed by atoms with E-state index in [0.717, 1.165) is 30.5 Å². The molecule has 4 nitrogen and oxygen atoms in total. The van der Waals surface area contributed by atoms with Gasteiger partial charge in [-0.05, 0) is 25.1 Å². The summed E-state index contributed by atoms with van der Waals surface area (Å²) in [5.41, 5.74) is 1.94. The molecule has 0 bridgehead atoms. The van der Waals surface area contributed by atoms with Crippen LogP contribution in [0.2, 0.25) is 0 Å². The van der Waals surface area contributed by atoms with E-state index < -0.39 is 0 Å². The van der Waals surface area contributed by atoms with Crippen LogP contribution >= 0.6 is 0 Å². The lowest BCUT2D eigenvalue weighted by Crippen LogP contribution is -2.23. The Morgan fingerprint density at radius 1 is 1.33 bits per heavy atom. The average molecular weight is 203 g/mol. The number of para-hydroxylation sites is 2. The smallest absolute Gasteiger partial charge is 0.315 e. The van der Waals surface area contributed by atoms with Gasteiger partial charge in [0.25, 0.3) is 0 Å². The molecule has 0 amide bonds. The normalized spacial score (nSPS) is 21.2. The van der Waals surface area contributed by atoms with Crippen LogP contribution in [-0.2, 0) is 0 Å². The molecule has 0 saturated carbocycles. The number of nitrogens with zero attached hydrogens (tertiary/aromatic N) is 1. The second-order valence-corrected chi connectivity index (χ2v) is 3.96. The summed E-state index contributed by atoms with van der Waals surface area (Å²) in [5.74, 6) is 0. The molecule has 1 aromatic carbocycles. The molecule has 78 valence electrons. The van der Waals surface area contributed by atoms with Crippen molar-refractivity contribution in [2.45, 2.75) is 12.5 Å². The number of aromatic amines is 1. The van der Waals surface area contributed by atoms with Crippen LogP contribution in [0.1, 0.15) is 12.5 Å². The zero-order valence-electron chi connectivity index (χ0n) is 8.36. The standard InChI is InChI=1S/C11H13N3O/c15-11-13-9-3-1-2-4-10(9)14(11)8-5-6-12-7-8/h1-4,8,12H,5-7H2,(H,13,15). The molecule has 1 saturated heterocycles. The number of rotatable bonds is 1. The lowest BCUT2D eigenvalue weighted by atomic mass is 10.2. The molecule has 4 heteroatoms. The van der Waals surface area contributed by atoms with Gasteiger partial charge in [0, 0.05) is 6.54 Å². The third kappa shape index (κ3) is 1.29. The fourth-order valence-corrected chi connectivity index (χ4v) is 2.30. The van der Waals surface area contributed by atoms with Crippen molar-refractivity contribution in [1.29, 1.82) is 0 Å². The maximum Gasteiger partial charge on any atom is 0.326 e. The molecular formula is C11H13N3O. The third-order valence-corrected chi connectivity index (χ3v) is 3.02. The Hall–Kier alpha value is -1.55. The first-order valence-electron chi connectivity index (χ1n) is 5.26. The molecule has 2 heterocycles. The number of hydrogen-bond donors (Lipinski definition) is 2. The van der Waals surface area contributed by atoms with E-state index in [2.05, 4.69) is 10.3 Å². The summed E-state index contributed by atoms with van der Waals surface area (Å²) in [4.78, 5) is 14.7. The fourth-order valence-electron chi connectivity index (χ4n) is 2.30. The molecular weight excluding hydrogens is 190 g/mol. The SMILES string of the molecule is O=c1[nH]c2ccccc2n1C1CCNC1. The summed E-state index contributed by atoms with van der Waals surface area (Å²) < 4.78 is 1.87. The van der Waals surface area contributed by atoms with Crippen molar-refractivity contribution in [2.24, 2.45) is 0 Å². The molecule has 0 aliphatic carbocycles. The van der Waals surface area contributed by atoms with E-state index in [-0.39, 0.29) is 5.69 Å². The molecule has 1 unspecified atom stereocenters. The molecule has 1 atom stereocenters. The molecule has 1 aliphatic rings. The van der Waals surface area contributed by atoms with E-state index >= 15 is 0 Å². The summed E-state index contributed by atoms with van der Waals surface area (Å²) in [6.07, 6.45) is 1.03. The maximum absolute atomic E-state index is 11.8. The molecule has 0 spiro atoms. The van der Waals surface area contributed by atoms with E-state index in [4.69, 9.17) is 0 Å². The van der Waals surface area contributed by atoms with Crippen molar-refractivity contribution in [2.75, 3.05) is 13.1 Å². The minimum Gasteiger partial charge on any atom is -0.315 e. The predicted molar refractivity (Wildman–Crippen MR) is 59.1 cm³/mol. The Labute approximate surface area is 86.9 Å². The second-order valence-electron chi connectivity index (χ2n) is 3.96. The van der Waals surface area contributed by atoms with Crippen LogP contribution in [0.5, 0.6) is 0 Å². The summed E-state index contributed by atoms with van der Waals surface area (Å²) in [6, 6.07) is 8.14. The first kappa shape index (κ1) is 8.73. The molecule has 0 radical (unpaired) electrons. The van der Waals surface area contributed by atoms with Crippen LogP contribution in [-0.4, -0.2) is 22.6 Å². The average Bonchev–Trinajstić information content (AvgIpc) is 2.82. The zero-order chi connectivity index (χ0) is 10.3. The lowest BCUT2D eigenvalue weighted by Gasteiger charge is -2.09. The number of nitrogens with one attached hydrogen (secondary N) is 2. The summed E-state index contributed by atoms with van der Waals surface area (Å²) in [7, 11) is 0. The monoisotopic (exact) mass is 203 g/mol. The first-order chi connectivity index (χ1) is 7.36. The predicted octanol–water partition coefficient (Wildman–Crippen LogP) is 0.864. The number of H-pyrrole nitrogens is 1. The van der Waals surface area contributed by atoms with Crippen LogP contribution < -0.4 is 11.0 Å². The highest BCUT2D eigenvalue weighted by molar-refractivity contribution is 5.75. The van der Waals surface area contributed by atoms with E-state index in [9.17, 15) is 4.79 Å². The highest BCUT2D eigenvalue weighted by Gasteiger charge is 2.20. The second kappa shape index (κ2) is 3.24. The van der Waals surface area contributed by atoms with Crippen LogP contribution in [0.3, 0.4) is 0 Å². The van der Waals surface area contributed by atoms with Gasteiger partial charge in [-0.25, -0.2) is 4.79 Å². The first-order valence-corrected chi connectivity index (χ1v) is 5.26. The van der Waals surface area contributed by atoms with Gasteiger partial charge in [-0.3, -0.25) is 4.57 Å². The Bertz CT molecular complexity index is 534. The topological polar surface area (TPSA) is 49.8 Å². The molecule has 1 aromatic heterocycles.